The molecule has 1 heterocycles. The minimum atomic E-state index is -0.712. The summed E-state index contributed by atoms with van der Waals surface area (Å²) in [6, 6.07) is 13.4. The van der Waals surface area contributed by atoms with Crippen LogP contribution in [0.3, 0.4) is 0 Å². The number of aliphatic hydroxyl groups is 1. The zero-order chi connectivity index (χ0) is 21.8. The van der Waals surface area contributed by atoms with Crippen molar-refractivity contribution in [3.8, 4) is 5.75 Å². The lowest BCUT2D eigenvalue weighted by molar-refractivity contribution is -0.140. The lowest BCUT2D eigenvalue weighted by Crippen LogP contribution is -2.32. The minimum Gasteiger partial charge on any atom is -0.507 e. The molecule has 0 radical (unpaired) electrons. The third kappa shape index (κ3) is 4.57. The molecule has 1 aliphatic rings. The fourth-order valence-corrected chi connectivity index (χ4v) is 3.86. The highest BCUT2D eigenvalue weighted by atomic mass is 79.9. The fraction of sp³-hybridized carbons (Fsp3) is 0.304. The molecule has 2 aromatic rings. The maximum Gasteiger partial charge on any atom is 0.295 e. The van der Waals surface area contributed by atoms with E-state index in [0.717, 1.165) is 10.0 Å². The Balaban J connectivity index is 2.08. The number of hydrogen-bond acceptors (Lipinski definition) is 5. The van der Waals surface area contributed by atoms with Crippen molar-refractivity contribution in [3.63, 3.8) is 0 Å². The molecule has 1 aliphatic heterocycles. The van der Waals surface area contributed by atoms with Crippen molar-refractivity contribution in [1.29, 1.82) is 0 Å². The van der Waals surface area contributed by atoms with Gasteiger partial charge in [0.15, 0.2) is 0 Å². The molecule has 1 fully saturated rings. The van der Waals surface area contributed by atoms with Crippen LogP contribution >= 0.6 is 15.9 Å². The average Bonchev–Trinajstić information content (AvgIpc) is 2.96. The van der Waals surface area contributed by atoms with Gasteiger partial charge in [-0.05, 0) is 55.8 Å². The predicted molar refractivity (Wildman–Crippen MR) is 117 cm³/mol. The molecule has 158 valence electrons. The number of halogens is 1. The first-order valence-electron chi connectivity index (χ1n) is 9.63. The summed E-state index contributed by atoms with van der Waals surface area (Å²) < 4.78 is 11.6. The summed E-state index contributed by atoms with van der Waals surface area (Å²) in [5.41, 5.74) is 1.23. The van der Waals surface area contributed by atoms with E-state index in [1.54, 1.807) is 24.3 Å². The normalized spacial score (nSPS) is 18.3. The van der Waals surface area contributed by atoms with Crippen molar-refractivity contribution in [2.45, 2.75) is 26.0 Å². The van der Waals surface area contributed by atoms with Gasteiger partial charge in [-0.3, -0.25) is 9.59 Å². The van der Waals surface area contributed by atoms with E-state index in [1.165, 1.54) is 12.0 Å². The van der Waals surface area contributed by atoms with E-state index in [1.807, 2.05) is 38.1 Å². The largest absolute Gasteiger partial charge is 0.507 e. The second kappa shape index (κ2) is 9.45. The summed E-state index contributed by atoms with van der Waals surface area (Å²) >= 11 is 3.44. The van der Waals surface area contributed by atoms with Crippen LogP contribution in [-0.4, -0.2) is 48.1 Å². The van der Waals surface area contributed by atoms with Crippen LogP contribution in [0.4, 0.5) is 0 Å². The number of aliphatic hydroxyl groups excluding tert-OH is 1. The van der Waals surface area contributed by atoms with E-state index in [-0.39, 0.29) is 30.6 Å². The highest BCUT2D eigenvalue weighted by Crippen LogP contribution is 2.40. The summed E-state index contributed by atoms with van der Waals surface area (Å²) in [6.45, 7) is 4.36. The summed E-state index contributed by atoms with van der Waals surface area (Å²) in [4.78, 5) is 27.1. The fourth-order valence-electron chi connectivity index (χ4n) is 3.44. The SMILES string of the molecule is COCCN1C(=O)C(=O)C(=C(O)c2ccc(OC(C)C)cc2)C1c1cccc(Br)c1. The number of Topliss-reactive ketones (excluding diaryl/α,β-unsaturated/α-hetero) is 1. The molecular formula is C23H24BrNO5. The van der Waals surface area contributed by atoms with Gasteiger partial charge in [-0.1, -0.05) is 28.1 Å². The molecule has 0 saturated carbocycles. The number of likely N-dealkylation sites (tertiary alicyclic amines) is 1. The standard InChI is InChI=1S/C23H24BrNO5/c1-14(2)30-18-9-7-15(8-10-18)21(26)19-20(16-5-4-6-17(24)13-16)25(11-12-29-3)23(28)22(19)27/h4-10,13-14,20,26H,11-12H2,1-3H3. The Hall–Kier alpha value is -2.64. The summed E-state index contributed by atoms with van der Waals surface area (Å²) in [5, 5.41) is 11.0. The van der Waals surface area contributed by atoms with Gasteiger partial charge in [0, 0.05) is 23.7 Å². The van der Waals surface area contributed by atoms with Gasteiger partial charge in [-0.2, -0.15) is 0 Å². The smallest absolute Gasteiger partial charge is 0.295 e. The molecule has 30 heavy (non-hydrogen) atoms. The Morgan fingerprint density at radius 2 is 1.87 bits per heavy atom. The topological polar surface area (TPSA) is 76.1 Å². The van der Waals surface area contributed by atoms with Crippen molar-refractivity contribution < 1.29 is 24.2 Å². The van der Waals surface area contributed by atoms with Crippen molar-refractivity contribution in [2.75, 3.05) is 20.3 Å². The van der Waals surface area contributed by atoms with Gasteiger partial charge in [0.05, 0.1) is 24.3 Å². The number of ketones is 1. The van der Waals surface area contributed by atoms with Gasteiger partial charge in [0.25, 0.3) is 11.7 Å². The number of methoxy groups -OCH3 is 1. The van der Waals surface area contributed by atoms with Crippen molar-refractivity contribution in [1.82, 2.24) is 4.90 Å². The maximum atomic E-state index is 12.9. The number of carbonyl (C=O) groups is 2. The van der Waals surface area contributed by atoms with Crippen LogP contribution in [0.2, 0.25) is 0 Å². The second-order valence-corrected chi connectivity index (χ2v) is 8.15. The van der Waals surface area contributed by atoms with Crippen molar-refractivity contribution >= 4 is 33.4 Å². The summed E-state index contributed by atoms with van der Waals surface area (Å²) in [5.74, 6) is -0.922. The van der Waals surface area contributed by atoms with Crippen molar-refractivity contribution in [2.24, 2.45) is 0 Å². The van der Waals surface area contributed by atoms with Gasteiger partial charge < -0.3 is 19.5 Å². The van der Waals surface area contributed by atoms with Crippen LogP contribution in [0.25, 0.3) is 5.76 Å². The van der Waals surface area contributed by atoms with Gasteiger partial charge in [-0.25, -0.2) is 0 Å². The molecule has 1 saturated heterocycles. The second-order valence-electron chi connectivity index (χ2n) is 7.23. The number of amides is 1. The third-order valence-corrected chi connectivity index (χ3v) is 5.23. The number of benzene rings is 2. The van der Waals surface area contributed by atoms with E-state index in [0.29, 0.717) is 11.3 Å². The molecule has 2 aromatic carbocycles. The van der Waals surface area contributed by atoms with Crippen LogP contribution in [0.1, 0.15) is 31.0 Å². The lowest BCUT2D eigenvalue weighted by atomic mass is 9.95. The van der Waals surface area contributed by atoms with Gasteiger partial charge in [0.2, 0.25) is 0 Å². The van der Waals surface area contributed by atoms with Crippen LogP contribution < -0.4 is 4.74 Å². The first-order chi connectivity index (χ1) is 14.3. The molecule has 0 aliphatic carbocycles. The van der Waals surface area contributed by atoms with E-state index in [2.05, 4.69) is 15.9 Å². The third-order valence-electron chi connectivity index (χ3n) is 4.74. The number of nitrogens with zero attached hydrogens (tertiary/aromatic N) is 1. The zero-order valence-corrected chi connectivity index (χ0v) is 18.7. The maximum absolute atomic E-state index is 12.9. The first kappa shape index (κ1) is 22.1. The molecule has 0 bridgehead atoms. The highest BCUT2D eigenvalue weighted by Gasteiger charge is 2.45. The number of ether oxygens (including phenoxy) is 2. The van der Waals surface area contributed by atoms with Gasteiger partial charge in [-0.15, -0.1) is 0 Å². The first-order valence-corrected chi connectivity index (χ1v) is 10.4. The molecule has 3 rings (SSSR count). The van der Waals surface area contributed by atoms with Crippen LogP contribution in [0.5, 0.6) is 5.75 Å². The average molecular weight is 474 g/mol. The predicted octanol–water partition coefficient (Wildman–Crippen LogP) is 4.30. The molecule has 0 spiro atoms. The molecular weight excluding hydrogens is 450 g/mol. The lowest BCUT2D eigenvalue weighted by Gasteiger charge is -2.25. The summed E-state index contributed by atoms with van der Waals surface area (Å²) in [7, 11) is 1.53. The molecule has 1 atom stereocenters. The molecule has 0 aromatic heterocycles. The highest BCUT2D eigenvalue weighted by molar-refractivity contribution is 9.10. The molecule has 7 heteroatoms. The van der Waals surface area contributed by atoms with Crippen LogP contribution in [-0.2, 0) is 14.3 Å². The Morgan fingerprint density at radius 3 is 2.47 bits per heavy atom. The number of hydrogen-bond donors (Lipinski definition) is 1. The van der Waals surface area contributed by atoms with Gasteiger partial charge >= 0.3 is 0 Å². The molecule has 1 N–H and O–H groups in total. The van der Waals surface area contributed by atoms with Crippen molar-refractivity contribution in [3.05, 3.63) is 69.7 Å². The molecule has 1 amide bonds. The van der Waals surface area contributed by atoms with E-state index >= 15 is 0 Å². The Kier molecular flexibility index (Phi) is 6.95. The summed E-state index contributed by atoms with van der Waals surface area (Å²) in [6.07, 6.45) is 0.0204. The Labute approximate surface area is 184 Å². The zero-order valence-electron chi connectivity index (χ0n) is 17.1. The Bertz CT molecular complexity index is 968. The van der Waals surface area contributed by atoms with Crippen LogP contribution in [0.15, 0.2) is 58.6 Å². The minimum absolute atomic E-state index is 0.0204. The monoisotopic (exact) mass is 473 g/mol. The number of rotatable bonds is 7. The molecule has 6 nitrogen and oxygen atoms in total. The van der Waals surface area contributed by atoms with E-state index in [9.17, 15) is 14.7 Å². The van der Waals surface area contributed by atoms with Crippen LogP contribution in [0, 0.1) is 0 Å². The number of carbonyl (C=O) groups excluding carboxylic acids is 2. The van der Waals surface area contributed by atoms with E-state index in [4.69, 9.17) is 9.47 Å². The quantitative estimate of drug-likeness (QED) is 0.368. The van der Waals surface area contributed by atoms with E-state index < -0.39 is 17.7 Å². The van der Waals surface area contributed by atoms with Gasteiger partial charge in [0.1, 0.15) is 11.5 Å². The molecule has 1 unspecified atom stereocenters. The Morgan fingerprint density at radius 1 is 1.17 bits per heavy atom.